The van der Waals surface area contributed by atoms with Crippen molar-refractivity contribution < 1.29 is 14.7 Å². The fraction of sp³-hybridized carbons (Fsp3) is 0.250. The molecule has 2 heterocycles. The molecule has 0 aliphatic carbocycles. The van der Waals surface area contributed by atoms with Crippen molar-refractivity contribution in [1.29, 1.82) is 0 Å². The SMILES string of the molecule is O=C(c1cccc(O)c1)N1CCCN(C(=O)c2ccc3nc[nH]c3c2)CC1. The fourth-order valence-electron chi connectivity index (χ4n) is 3.40. The highest BCUT2D eigenvalue weighted by Crippen LogP contribution is 2.17. The predicted octanol–water partition coefficient (Wildman–Crippen LogP) is 2.26. The number of carbonyl (C=O) groups is 2. The van der Waals surface area contributed by atoms with E-state index in [1.807, 2.05) is 12.1 Å². The number of amides is 2. The van der Waals surface area contributed by atoms with Crippen LogP contribution in [0.15, 0.2) is 48.8 Å². The molecule has 1 aromatic heterocycles. The van der Waals surface area contributed by atoms with Gasteiger partial charge in [-0.05, 0) is 42.8 Å². The van der Waals surface area contributed by atoms with E-state index in [1.54, 1.807) is 34.3 Å². The Morgan fingerprint density at radius 1 is 0.926 bits per heavy atom. The Hall–Kier alpha value is -3.35. The van der Waals surface area contributed by atoms with Gasteiger partial charge in [-0.3, -0.25) is 9.59 Å². The van der Waals surface area contributed by atoms with Gasteiger partial charge in [-0.15, -0.1) is 0 Å². The summed E-state index contributed by atoms with van der Waals surface area (Å²) in [5.74, 6) is -0.0982. The molecule has 2 amide bonds. The zero-order chi connectivity index (χ0) is 18.8. The van der Waals surface area contributed by atoms with Crippen LogP contribution in [0.2, 0.25) is 0 Å². The van der Waals surface area contributed by atoms with Crippen molar-refractivity contribution in [3.8, 4) is 5.75 Å². The second kappa shape index (κ2) is 7.11. The number of hydrogen-bond donors (Lipinski definition) is 2. The molecule has 0 spiro atoms. The molecule has 0 unspecified atom stereocenters. The number of nitrogens with one attached hydrogen (secondary N) is 1. The van der Waals surface area contributed by atoms with Gasteiger partial charge >= 0.3 is 0 Å². The van der Waals surface area contributed by atoms with Gasteiger partial charge in [-0.1, -0.05) is 6.07 Å². The van der Waals surface area contributed by atoms with E-state index < -0.39 is 0 Å². The molecule has 0 saturated carbocycles. The summed E-state index contributed by atoms with van der Waals surface area (Å²) in [6.07, 6.45) is 2.32. The van der Waals surface area contributed by atoms with Crippen LogP contribution in [0.1, 0.15) is 27.1 Å². The highest BCUT2D eigenvalue weighted by molar-refractivity contribution is 5.97. The number of nitrogens with zero attached hydrogens (tertiary/aromatic N) is 3. The van der Waals surface area contributed by atoms with E-state index in [0.717, 1.165) is 11.0 Å². The van der Waals surface area contributed by atoms with E-state index >= 15 is 0 Å². The molecule has 0 radical (unpaired) electrons. The van der Waals surface area contributed by atoms with E-state index in [0.29, 0.717) is 43.7 Å². The minimum absolute atomic E-state index is 0.0434. The Labute approximate surface area is 156 Å². The van der Waals surface area contributed by atoms with Crippen molar-refractivity contribution in [2.45, 2.75) is 6.42 Å². The molecule has 1 saturated heterocycles. The number of fused-ring (bicyclic) bond motifs is 1. The smallest absolute Gasteiger partial charge is 0.254 e. The van der Waals surface area contributed by atoms with E-state index in [-0.39, 0.29) is 17.6 Å². The van der Waals surface area contributed by atoms with Crippen LogP contribution in [0, 0.1) is 0 Å². The van der Waals surface area contributed by atoms with Crippen molar-refractivity contribution >= 4 is 22.8 Å². The minimum Gasteiger partial charge on any atom is -0.508 e. The van der Waals surface area contributed by atoms with Crippen molar-refractivity contribution in [2.75, 3.05) is 26.2 Å². The minimum atomic E-state index is -0.126. The summed E-state index contributed by atoms with van der Waals surface area (Å²) in [5.41, 5.74) is 2.72. The van der Waals surface area contributed by atoms with E-state index in [4.69, 9.17) is 0 Å². The van der Waals surface area contributed by atoms with Gasteiger partial charge in [0.05, 0.1) is 17.4 Å². The first-order chi connectivity index (χ1) is 13.1. The number of aromatic amines is 1. The lowest BCUT2D eigenvalue weighted by molar-refractivity contribution is 0.0718. The van der Waals surface area contributed by atoms with Gasteiger partial charge in [0.25, 0.3) is 11.8 Å². The monoisotopic (exact) mass is 364 g/mol. The third-order valence-corrected chi connectivity index (χ3v) is 4.83. The second-order valence-electron chi connectivity index (χ2n) is 6.62. The Morgan fingerprint density at radius 2 is 1.63 bits per heavy atom. The molecule has 2 aromatic carbocycles. The lowest BCUT2D eigenvalue weighted by atomic mass is 10.1. The summed E-state index contributed by atoms with van der Waals surface area (Å²) in [6, 6.07) is 11.8. The molecule has 1 fully saturated rings. The molecule has 3 aromatic rings. The molecule has 0 bridgehead atoms. The average molecular weight is 364 g/mol. The molecule has 7 nitrogen and oxygen atoms in total. The van der Waals surface area contributed by atoms with Gasteiger partial charge in [0.15, 0.2) is 0 Å². The fourth-order valence-corrected chi connectivity index (χ4v) is 3.40. The normalized spacial score (nSPS) is 15.0. The summed E-state index contributed by atoms with van der Waals surface area (Å²) in [4.78, 5) is 36.2. The van der Waals surface area contributed by atoms with Crippen LogP contribution >= 0.6 is 0 Å². The molecule has 0 atom stereocenters. The molecule has 4 rings (SSSR count). The third-order valence-electron chi connectivity index (χ3n) is 4.83. The zero-order valence-electron chi connectivity index (χ0n) is 14.8. The number of aromatic hydroxyl groups is 1. The van der Waals surface area contributed by atoms with Gasteiger partial charge in [0.1, 0.15) is 5.75 Å². The Bertz CT molecular complexity index is 998. The third kappa shape index (κ3) is 3.48. The van der Waals surface area contributed by atoms with Gasteiger partial charge in [0.2, 0.25) is 0 Å². The number of hydrogen-bond acceptors (Lipinski definition) is 4. The Balaban J connectivity index is 1.46. The highest BCUT2D eigenvalue weighted by Gasteiger charge is 2.24. The van der Waals surface area contributed by atoms with Crippen LogP contribution in [-0.2, 0) is 0 Å². The molecular formula is C20H20N4O3. The van der Waals surface area contributed by atoms with Crippen LogP contribution in [0.4, 0.5) is 0 Å². The second-order valence-corrected chi connectivity index (χ2v) is 6.62. The van der Waals surface area contributed by atoms with E-state index in [2.05, 4.69) is 9.97 Å². The lowest BCUT2D eigenvalue weighted by Gasteiger charge is -2.22. The first kappa shape index (κ1) is 17.1. The quantitative estimate of drug-likeness (QED) is 0.730. The maximum Gasteiger partial charge on any atom is 0.254 e. The molecule has 2 N–H and O–H groups in total. The number of imidazole rings is 1. The number of aromatic nitrogens is 2. The van der Waals surface area contributed by atoms with Crippen LogP contribution in [0.5, 0.6) is 5.75 Å². The number of H-pyrrole nitrogens is 1. The summed E-state index contributed by atoms with van der Waals surface area (Å²) in [7, 11) is 0. The average Bonchev–Trinajstić information content (AvgIpc) is 3.01. The van der Waals surface area contributed by atoms with Crippen LogP contribution in [-0.4, -0.2) is 62.9 Å². The first-order valence-corrected chi connectivity index (χ1v) is 8.92. The zero-order valence-corrected chi connectivity index (χ0v) is 14.8. The summed E-state index contributed by atoms with van der Waals surface area (Å²) in [6.45, 7) is 2.12. The summed E-state index contributed by atoms with van der Waals surface area (Å²) >= 11 is 0. The van der Waals surface area contributed by atoms with Crippen molar-refractivity contribution in [3.63, 3.8) is 0 Å². The molecule has 27 heavy (non-hydrogen) atoms. The summed E-state index contributed by atoms with van der Waals surface area (Å²) < 4.78 is 0. The highest BCUT2D eigenvalue weighted by atomic mass is 16.3. The largest absolute Gasteiger partial charge is 0.508 e. The molecule has 138 valence electrons. The Kier molecular flexibility index (Phi) is 4.50. The molecule has 1 aliphatic rings. The Morgan fingerprint density at radius 3 is 2.33 bits per heavy atom. The van der Waals surface area contributed by atoms with Crippen LogP contribution < -0.4 is 0 Å². The maximum absolute atomic E-state index is 12.9. The van der Waals surface area contributed by atoms with E-state index in [9.17, 15) is 14.7 Å². The number of rotatable bonds is 2. The van der Waals surface area contributed by atoms with Crippen LogP contribution in [0.3, 0.4) is 0 Å². The summed E-state index contributed by atoms with van der Waals surface area (Å²) in [5, 5.41) is 9.59. The topological polar surface area (TPSA) is 89.5 Å². The lowest BCUT2D eigenvalue weighted by Crippen LogP contribution is -2.37. The predicted molar refractivity (Wildman–Crippen MR) is 101 cm³/mol. The van der Waals surface area contributed by atoms with Gasteiger partial charge < -0.3 is 19.9 Å². The maximum atomic E-state index is 12.9. The number of phenolic OH excluding ortho intramolecular Hbond substituents is 1. The molecular weight excluding hydrogens is 344 g/mol. The number of carbonyl (C=O) groups excluding carboxylic acids is 2. The van der Waals surface area contributed by atoms with Crippen molar-refractivity contribution in [1.82, 2.24) is 19.8 Å². The van der Waals surface area contributed by atoms with E-state index in [1.165, 1.54) is 12.1 Å². The molecule has 7 heteroatoms. The van der Waals surface area contributed by atoms with Gasteiger partial charge in [-0.25, -0.2) is 4.98 Å². The number of phenols is 1. The number of benzene rings is 2. The standard InChI is InChI=1S/C20H20N4O3/c25-16-4-1-3-14(11-16)19(26)23-7-2-8-24(10-9-23)20(27)15-5-6-17-18(12-15)22-13-21-17/h1,3-6,11-13,25H,2,7-10H2,(H,21,22). The van der Waals surface area contributed by atoms with Crippen LogP contribution in [0.25, 0.3) is 11.0 Å². The first-order valence-electron chi connectivity index (χ1n) is 8.92. The van der Waals surface area contributed by atoms with Crippen molar-refractivity contribution in [2.24, 2.45) is 0 Å². The van der Waals surface area contributed by atoms with Gasteiger partial charge in [0, 0.05) is 37.3 Å². The van der Waals surface area contributed by atoms with Gasteiger partial charge in [-0.2, -0.15) is 0 Å². The molecule has 1 aliphatic heterocycles. The van der Waals surface area contributed by atoms with Crippen molar-refractivity contribution in [3.05, 3.63) is 59.9 Å².